The van der Waals surface area contributed by atoms with E-state index < -0.39 is 11.7 Å². The number of nitrogens with two attached hydrogens (primary N) is 1. The van der Waals surface area contributed by atoms with Crippen LogP contribution in [0.1, 0.15) is 22.3 Å². The summed E-state index contributed by atoms with van der Waals surface area (Å²) in [5.41, 5.74) is 5.91. The number of carbonyl (C=O) groups is 1. The summed E-state index contributed by atoms with van der Waals surface area (Å²) in [5, 5.41) is 0. The Kier molecular flexibility index (Phi) is 5.75. The molecule has 1 aliphatic heterocycles. The van der Waals surface area contributed by atoms with Crippen molar-refractivity contribution in [3.05, 3.63) is 59.7 Å². The van der Waals surface area contributed by atoms with Gasteiger partial charge in [0.05, 0.1) is 5.56 Å². The van der Waals surface area contributed by atoms with Crippen LogP contribution in [0.5, 0.6) is 0 Å². The lowest BCUT2D eigenvalue weighted by molar-refractivity contribution is -0.137. The van der Waals surface area contributed by atoms with Crippen LogP contribution in [0.25, 0.3) is 11.1 Å². The maximum absolute atomic E-state index is 13.2. The van der Waals surface area contributed by atoms with Gasteiger partial charge < -0.3 is 10.6 Å². The van der Waals surface area contributed by atoms with Gasteiger partial charge in [0.15, 0.2) is 0 Å². The fourth-order valence-electron chi connectivity index (χ4n) is 2.96. The second-order valence-electron chi connectivity index (χ2n) is 5.92. The Bertz CT molecular complexity index is 764. The van der Waals surface area contributed by atoms with Crippen LogP contribution >= 0.6 is 12.4 Å². The number of alkyl halides is 3. The maximum Gasteiger partial charge on any atom is 0.417 e. The Morgan fingerprint density at radius 1 is 1.12 bits per heavy atom. The van der Waals surface area contributed by atoms with Gasteiger partial charge in [0.1, 0.15) is 0 Å². The van der Waals surface area contributed by atoms with Crippen molar-refractivity contribution in [2.75, 3.05) is 13.1 Å². The van der Waals surface area contributed by atoms with Crippen LogP contribution in [0.3, 0.4) is 0 Å². The molecular formula is C18H18ClF3N2O. The van der Waals surface area contributed by atoms with Gasteiger partial charge in [-0.1, -0.05) is 30.3 Å². The van der Waals surface area contributed by atoms with Crippen LogP contribution < -0.4 is 5.73 Å². The molecular weight excluding hydrogens is 353 g/mol. The van der Waals surface area contributed by atoms with Gasteiger partial charge in [0.2, 0.25) is 0 Å². The Labute approximate surface area is 150 Å². The van der Waals surface area contributed by atoms with E-state index in [1.54, 1.807) is 29.2 Å². The SMILES string of the molecule is Cl.NC1CCN(C(=O)c2cccc(-c3ccccc3C(F)(F)F)c2)C1. The monoisotopic (exact) mass is 370 g/mol. The van der Waals surface area contributed by atoms with E-state index in [9.17, 15) is 18.0 Å². The highest BCUT2D eigenvalue weighted by Crippen LogP contribution is 2.37. The van der Waals surface area contributed by atoms with E-state index in [1.807, 2.05) is 0 Å². The lowest BCUT2D eigenvalue weighted by atomic mass is 9.97. The molecule has 2 N–H and O–H groups in total. The minimum atomic E-state index is -4.45. The van der Waals surface area contributed by atoms with Gasteiger partial charge in [-0.25, -0.2) is 0 Å². The van der Waals surface area contributed by atoms with E-state index in [2.05, 4.69) is 0 Å². The Hall–Kier alpha value is -2.05. The number of benzene rings is 2. The lowest BCUT2D eigenvalue weighted by Crippen LogP contribution is -2.31. The zero-order valence-corrected chi connectivity index (χ0v) is 14.1. The molecule has 1 saturated heterocycles. The van der Waals surface area contributed by atoms with Crippen LogP contribution in [0.15, 0.2) is 48.5 Å². The van der Waals surface area contributed by atoms with Crippen LogP contribution in [0.2, 0.25) is 0 Å². The molecule has 1 heterocycles. The lowest BCUT2D eigenvalue weighted by Gasteiger charge is -2.17. The van der Waals surface area contributed by atoms with Gasteiger partial charge >= 0.3 is 6.18 Å². The Morgan fingerprint density at radius 2 is 1.84 bits per heavy atom. The number of amides is 1. The van der Waals surface area contributed by atoms with E-state index in [0.29, 0.717) is 24.2 Å². The van der Waals surface area contributed by atoms with Crippen molar-refractivity contribution in [3.8, 4) is 11.1 Å². The first-order valence-corrected chi connectivity index (χ1v) is 7.68. The number of hydrogen-bond donors (Lipinski definition) is 1. The third kappa shape index (κ3) is 4.14. The molecule has 0 bridgehead atoms. The zero-order valence-electron chi connectivity index (χ0n) is 13.3. The summed E-state index contributed by atoms with van der Waals surface area (Å²) in [5.74, 6) is -0.200. The van der Waals surface area contributed by atoms with Crippen molar-refractivity contribution >= 4 is 18.3 Å². The fraction of sp³-hybridized carbons (Fsp3) is 0.278. The zero-order chi connectivity index (χ0) is 17.3. The predicted octanol–water partition coefficient (Wildman–Crippen LogP) is 3.97. The topological polar surface area (TPSA) is 46.3 Å². The van der Waals surface area contributed by atoms with Gasteiger partial charge in [-0.3, -0.25) is 4.79 Å². The molecule has 1 aliphatic rings. The summed E-state index contributed by atoms with van der Waals surface area (Å²) in [7, 11) is 0. The van der Waals surface area contributed by atoms with Gasteiger partial charge in [-0.2, -0.15) is 13.2 Å². The third-order valence-corrected chi connectivity index (χ3v) is 4.16. The smallest absolute Gasteiger partial charge is 0.337 e. The average Bonchev–Trinajstić information content (AvgIpc) is 3.00. The van der Waals surface area contributed by atoms with Crippen molar-refractivity contribution in [2.24, 2.45) is 5.73 Å². The predicted molar refractivity (Wildman–Crippen MR) is 92.6 cm³/mol. The van der Waals surface area contributed by atoms with Crippen molar-refractivity contribution in [1.29, 1.82) is 0 Å². The summed E-state index contributed by atoms with van der Waals surface area (Å²) < 4.78 is 39.6. The maximum atomic E-state index is 13.2. The fourth-order valence-corrected chi connectivity index (χ4v) is 2.96. The Morgan fingerprint density at radius 3 is 2.48 bits per heavy atom. The largest absolute Gasteiger partial charge is 0.417 e. The molecule has 1 atom stereocenters. The Balaban J connectivity index is 0.00000225. The molecule has 2 aromatic rings. The number of halogens is 4. The minimum Gasteiger partial charge on any atom is -0.337 e. The molecule has 25 heavy (non-hydrogen) atoms. The highest BCUT2D eigenvalue weighted by atomic mass is 35.5. The highest BCUT2D eigenvalue weighted by Gasteiger charge is 2.33. The summed E-state index contributed by atoms with van der Waals surface area (Å²) >= 11 is 0. The van der Waals surface area contributed by atoms with Gasteiger partial charge in [-0.05, 0) is 35.7 Å². The van der Waals surface area contributed by atoms with E-state index in [-0.39, 0.29) is 29.9 Å². The number of rotatable bonds is 2. The molecule has 3 rings (SSSR count). The van der Waals surface area contributed by atoms with Crippen molar-refractivity contribution in [1.82, 2.24) is 4.90 Å². The number of carbonyl (C=O) groups excluding carboxylic acids is 1. The van der Waals surface area contributed by atoms with Crippen LogP contribution in [0, 0.1) is 0 Å². The summed E-state index contributed by atoms with van der Waals surface area (Å²) in [6.45, 7) is 1.05. The van der Waals surface area contributed by atoms with E-state index in [1.165, 1.54) is 18.2 Å². The molecule has 0 aliphatic carbocycles. The summed E-state index contributed by atoms with van der Waals surface area (Å²) in [4.78, 5) is 14.1. The number of hydrogen-bond acceptors (Lipinski definition) is 2. The molecule has 134 valence electrons. The molecule has 0 spiro atoms. The second-order valence-corrected chi connectivity index (χ2v) is 5.92. The molecule has 1 fully saturated rings. The molecule has 0 aromatic heterocycles. The van der Waals surface area contributed by atoms with Crippen molar-refractivity contribution in [2.45, 2.75) is 18.6 Å². The first-order chi connectivity index (χ1) is 11.4. The van der Waals surface area contributed by atoms with Crippen molar-refractivity contribution in [3.63, 3.8) is 0 Å². The molecule has 1 amide bonds. The van der Waals surface area contributed by atoms with E-state index in [0.717, 1.165) is 12.5 Å². The van der Waals surface area contributed by atoms with E-state index >= 15 is 0 Å². The number of nitrogens with zero attached hydrogens (tertiary/aromatic N) is 1. The second kappa shape index (κ2) is 7.45. The normalized spacial score (nSPS) is 17.3. The van der Waals surface area contributed by atoms with Gasteiger partial charge in [0.25, 0.3) is 5.91 Å². The standard InChI is InChI=1S/C18H17F3N2O.ClH/c19-18(20,21)16-7-2-1-6-15(16)12-4-3-5-13(10-12)17(24)23-9-8-14(22)11-23;/h1-7,10,14H,8-9,11,22H2;1H. The molecule has 2 aromatic carbocycles. The molecule has 1 unspecified atom stereocenters. The quantitative estimate of drug-likeness (QED) is 0.869. The summed E-state index contributed by atoms with van der Waals surface area (Å²) in [6, 6.07) is 11.6. The van der Waals surface area contributed by atoms with E-state index in [4.69, 9.17) is 5.73 Å². The molecule has 7 heteroatoms. The van der Waals surface area contributed by atoms with Gasteiger partial charge in [0, 0.05) is 24.7 Å². The summed E-state index contributed by atoms with van der Waals surface area (Å²) in [6.07, 6.45) is -3.71. The van der Waals surface area contributed by atoms with Crippen LogP contribution in [0.4, 0.5) is 13.2 Å². The highest BCUT2D eigenvalue weighted by molar-refractivity contribution is 5.95. The van der Waals surface area contributed by atoms with Crippen LogP contribution in [-0.2, 0) is 6.18 Å². The third-order valence-electron chi connectivity index (χ3n) is 4.16. The number of likely N-dealkylation sites (tertiary alicyclic amines) is 1. The molecule has 0 radical (unpaired) electrons. The van der Waals surface area contributed by atoms with Gasteiger partial charge in [-0.15, -0.1) is 12.4 Å². The van der Waals surface area contributed by atoms with Crippen LogP contribution in [-0.4, -0.2) is 29.9 Å². The molecule has 3 nitrogen and oxygen atoms in total. The first kappa shape index (κ1) is 19.3. The van der Waals surface area contributed by atoms with Crippen molar-refractivity contribution < 1.29 is 18.0 Å². The minimum absolute atomic E-state index is 0. The molecule has 0 saturated carbocycles. The first-order valence-electron chi connectivity index (χ1n) is 7.68. The average molecular weight is 371 g/mol.